The number of hydrogen-bond acceptors (Lipinski definition) is 6. The Bertz CT molecular complexity index is 664. The van der Waals surface area contributed by atoms with Gasteiger partial charge >= 0.3 is 0 Å². The maximum Gasteiger partial charge on any atom is 0.238 e. The monoisotopic (exact) mass is 314 g/mol. The van der Waals surface area contributed by atoms with Crippen LogP contribution in [0, 0.1) is 0 Å². The molecule has 2 rings (SSSR count). The molecule has 1 aromatic heterocycles. The Kier molecular flexibility index (Phi) is 3.43. The first-order chi connectivity index (χ1) is 8.17. The third-order valence-electron chi connectivity index (χ3n) is 2.65. The van der Waals surface area contributed by atoms with Gasteiger partial charge in [-0.15, -0.1) is 0 Å². The van der Waals surface area contributed by atoms with E-state index in [1.807, 2.05) is 0 Å². The van der Waals surface area contributed by atoms with E-state index >= 15 is 0 Å². The summed E-state index contributed by atoms with van der Waals surface area (Å²) in [5, 5.41) is 3.64. The van der Waals surface area contributed by atoms with Gasteiger partial charge in [0.25, 0.3) is 0 Å². The number of halogens is 1. The lowest BCUT2D eigenvalue weighted by Crippen LogP contribution is -2.35. The van der Waals surface area contributed by atoms with E-state index in [1.165, 1.54) is 4.31 Å². The van der Waals surface area contributed by atoms with Crippen LogP contribution in [0.1, 0.15) is 17.0 Å². The smallest absolute Gasteiger partial charge is 0.238 e. The molecule has 0 N–H and O–H groups in total. The fraction of sp³-hybridized carbons (Fsp3) is 0.625. The summed E-state index contributed by atoms with van der Waals surface area (Å²) < 4.78 is 51.2. The Morgan fingerprint density at radius 3 is 2.61 bits per heavy atom. The Hall–Kier alpha value is -0.640. The lowest BCUT2D eigenvalue weighted by Gasteiger charge is -2.23. The fourth-order valence-electron chi connectivity index (χ4n) is 1.80. The van der Waals surface area contributed by atoms with Gasteiger partial charge in [0.2, 0.25) is 19.1 Å². The molecule has 0 saturated carbocycles. The van der Waals surface area contributed by atoms with Crippen LogP contribution >= 0.6 is 10.7 Å². The SMILES string of the molecule is CS(=O)(=O)N1CCc2onc(CS(=O)(=O)Cl)c2C1. The topological polar surface area (TPSA) is 97.6 Å². The van der Waals surface area contributed by atoms with Gasteiger partial charge in [-0.2, -0.15) is 4.31 Å². The summed E-state index contributed by atoms with van der Waals surface area (Å²) >= 11 is 0. The van der Waals surface area contributed by atoms with Gasteiger partial charge in [0, 0.05) is 35.8 Å². The molecule has 0 saturated heterocycles. The molecule has 7 nitrogen and oxygen atoms in total. The van der Waals surface area contributed by atoms with Gasteiger partial charge in [-0.05, 0) is 0 Å². The van der Waals surface area contributed by atoms with E-state index in [9.17, 15) is 16.8 Å². The number of aromatic nitrogens is 1. The van der Waals surface area contributed by atoms with E-state index in [0.717, 1.165) is 6.26 Å². The summed E-state index contributed by atoms with van der Waals surface area (Å²) in [6.07, 6.45) is 1.47. The molecule has 1 aromatic rings. The summed E-state index contributed by atoms with van der Waals surface area (Å²) in [7, 11) is -1.93. The van der Waals surface area contributed by atoms with Crippen molar-refractivity contribution in [3.8, 4) is 0 Å². The first kappa shape index (κ1) is 13.8. The summed E-state index contributed by atoms with van der Waals surface area (Å²) in [6, 6.07) is 0. The molecular formula is C8H11ClN2O5S2. The second-order valence-corrected chi connectivity index (χ2v) is 8.82. The third kappa shape index (κ3) is 3.02. The van der Waals surface area contributed by atoms with Crippen molar-refractivity contribution < 1.29 is 21.4 Å². The van der Waals surface area contributed by atoms with Gasteiger partial charge in [-0.1, -0.05) is 5.16 Å². The van der Waals surface area contributed by atoms with Gasteiger partial charge in [0.05, 0.1) is 6.26 Å². The molecule has 0 aliphatic carbocycles. The van der Waals surface area contributed by atoms with Crippen molar-refractivity contribution in [2.75, 3.05) is 12.8 Å². The van der Waals surface area contributed by atoms with Gasteiger partial charge in [-0.25, -0.2) is 16.8 Å². The summed E-state index contributed by atoms with van der Waals surface area (Å²) in [5.41, 5.74) is 0.671. The van der Waals surface area contributed by atoms with Crippen LogP contribution in [0.4, 0.5) is 0 Å². The van der Waals surface area contributed by atoms with Crippen LogP contribution in [0.3, 0.4) is 0 Å². The van der Waals surface area contributed by atoms with Crippen LogP contribution in [0.25, 0.3) is 0 Å². The van der Waals surface area contributed by atoms with Gasteiger partial charge in [0.15, 0.2) is 0 Å². The summed E-state index contributed by atoms with van der Waals surface area (Å²) in [4.78, 5) is 0. The van der Waals surface area contributed by atoms with Gasteiger partial charge < -0.3 is 4.52 Å². The molecular weight excluding hydrogens is 304 g/mol. The average Bonchev–Trinajstić information content (AvgIpc) is 2.57. The zero-order valence-corrected chi connectivity index (χ0v) is 11.8. The summed E-state index contributed by atoms with van der Waals surface area (Å²) in [6.45, 7) is 0.369. The van der Waals surface area contributed by atoms with Crippen LogP contribution in [0.5, 0.6) is 0 Å². The zero-order valence-electron chi connectivity index (χ0n) is 9.46. The normalized spacial score (nSPS) is 17.7. The molecule has 2 heterocycles. The Morgan fingerprint density at radius 2 is 2.06 bits per heavy atom. The van der Waals surface area contributed by atoms with Crippen molar-refractivity contribution in [2.45, 2.75) is 18.7 Å². The molecule has 1 aliphatic heterocycles. The predicted molar refractivity (Wildman–Crippen MR) is 63.9 cm³/mol. The van der Waals surface area contributed by atoms with Gasteiger partial charge in [0.1, 0.15) is 17.2 Å². The lowest BCUT2D eigenvalue weighted by molar-refractivity contribution is 0.332. The van der Waals surface area contributed by atoms with Crippen molar-refractivity contribution in [3.05, 3.63) is 17.0 Å². The van der Waals surface area contributed by atoms with Crippen molar-refractivity contribution in [3.63, 3.8) is 0 Å². The second-order valence-electron chi connectivity index (χ2n) is 4.06. The minimum absolute atomic E-state index is 0.0689. The molecule has 0 spiro atoms. The molecule has 0 atom stereocenters. The van der Waals surface area contributed by atoms with E-state index in [1.54, 1.807) is 0 Å². The minimum Gasteiger partial charge on any atom is -0.361 e. The molecule has 0 bridgehead atoms. The molecule has 0 unspecified atom stereocenters. The predicted octanol–water partition coefficient (Wildman–Crippen LogP) is 0.0609. The first-order valence-electron chi connectivity index (χ1n) is 5.00. The maximum absolute atomic E-state index is 11.4. The standard InChI is InChI=1S/C8H11ClN2O5S2/c1-17(12,13)11-3-2-8-6(4-11)7(10-16-8)5-18(9,14)15/h2-5H2,1H3. The Balaban J connectivity index is 2.33. The molecule has 0 radical (unpaired) electrons. The van der Waals surface area contributed by atoms with Crippen molar-refractivity contribution in [1.29, 1.82) is 0 Å². The highest BCUT2D eigenvalue weighted by Gasteiger charge is 2.29. The van der Waals surface area contributed by atoms with Crippen LogP contribution in [0.15, 0.2) is 4.52 Å². The highest BCUT2D eigenvalue weighted by atomic mass is 35.7. The van der Waals surface area contributed by atoms with Crippen LogP contribution < -0.4 is 0 Å². The minimum atomic E-state index is -3.75. The van der Waals surface area contributed by atoms with E-state index in [4.69, 9.17) is 15.2 Å². The summed E-state index contributed by atoms with van der Waals surface area (Å²) in [5.74, 6) is 0.0514. The third-order valence-corrected chi connectivity index (χ3v) is 4.85. The van der Waals surface area contributed by atoms with Crippen molar-refractivity contribution >= 4 is 29.8 Å². The number of rotatable bonds is 3. The molecule has 1 aliphatic rings. The number of fused-ring (bicyclic) bond motifs is 1. The molecule has 18 heavy (non-hydrogen) atoms. The highest BCUT2D eigenvalue weighted by Crippen LogP contribution is 2.25. The van der Waals surface area contributed by atoms with Crippen LogP contribution in [-0.4, -0.2) is 39.1 Å². The number of hydrogen-bond donors (Lipinski definition) is 0. The molecule has 0 amide bonds. The van der Waals surface area contributed by atoms with E-state index in [0.29, 0.717) is 24.3 Å². The molecule has 0 fully saturated rings. The maximum atomic E-state index is 11.4. The molecule has 102 valence electrons. The number of nitrogens with zero attached hydrogens (tertiary/aromatic N) is 2. The van der Waals surface area contributed by atoms with E-state index in [2.05, 4.69) is 5.16 Å². The molecule has 0 aromatic carbocycles. The average molecular weight is 315 g/mol. The highest BCUT2D eigenvalue weighted by molar-refractivity contribution is 8.13. The van der Waals surface area contributed by atoms with Gasteiger partial charge in [-0.3, -0.25) is 0 Å². The van der Waals surface area contributed by atoms with Crippen LogP contribution in [-0.2, 0) is 37.8 Å². The Labute approximate surface area is 109 Å². The Morgan fingerprint density at radius 1 is 1.39 bits per heavy atom. The van der Waals surface area contributed by atoms with Crippen LogP contribution in [0.2, 0.25) is 0 Å². The van der Waals surface area contributed by atoms with E-state index in [-0.39, 0.29) is 12.2 Å². The largest absolute Gasteiger partial charge is 0.361 e. The van der Waals surface area contributed by atoms with Crippen molar-refractivity contribution in [2.24, 2.45) is 0 Å². The number of sulfonamides is 1. The van der Waals surface area contributed by atoms with E-state index < -0.39 is 24.8 Å². The fourth-order valence-corrected chi connectivity index (χ4v) is 3.45. The lowest BCUT2D eigenvalue weighted by atomic mass is 10.1. The molecule has 10 heteroatoms. The van der Waals surface area contributed by atoms with Crippen molar-refractivity contribution in [1.82, 2.24) is 9.46 Å². The second kappa shape index (κ2) is 4.48. The quantitative estimate of drug-likeness (QED) is 0.732. The zero-order chi connectivity index (χ0) is 13.6. The first-order valence-corrected chi connectivity index (χ1v) is 9.33.